The van der Waals surface area contributed by atoms with Crippen LogP contribution in [0.5, 0.6) is 5.75 Å². The third-order valence-electron chi connectivity index (χ3n) is 3.56. The van der Waals surface area contributed by atoms with Crippen molar-refractivity contribution in [1.82, 2.24) is 5.32 Å². The van der Waals surface area contributed by atoms with Crippen molar-refractivity contribution in [1.29, 1.82) is 0 Å². The molecule has 0 saturated heterocycles. The molecule has 1 amide bonds. The number of phenols is 1. The Bertz CT molecular complexity index is 521. The van der Waals surface area contributed by atoms with Crippen molar-refractivity contribution >= 4 is 11.6 Å². The van der Waals surface area contributed by atoms with Crippen LogP contribution in [0.25, 0.3) is 0 Å². The predicted octanol–water partition coefficient (Wildman–Crippen LogP) is 2.36. The molecule has 1 fully saturated rings. The lowest BCUT2D eigenvalue weighted by molar-refractivity contribution is -0.385. The van der Waals surface area contributed by atoms with E-state index in [0.717, 1.165) is 37.8 Å². The van der Waals surface area contributed by atoms with Crippen molar-refractivity contribution in [3.8, 4) is 5.75 Å². The topological polar surface area (TPSA) is 92.5 Å². The minimum atomic E-state index is -0.685. The van der Waals surface area contributed by atoms with Crippen molar-refractivity contribution in [2.75, 3.05) is 0 Å². The zero-order valence-corrected chi connectivity index (χ0v) is 10.7. The highest BCUT2D eigenvalue weighted by atomic mass is 16.6. The number of aromatic hydroxyl groups is 1. The van der Waals surface area contributed by atoms with Crippen LogP contribution in [-0.4, -0.2) is 21.5 Å². The van der Waals surface area contributed by atoms with Gasteiger partial charge in [-0.15, -0.1) is 0 Å². The van der Waals surface area contributed by atoms with Crippen LogP contribution >= 0.6 is 0 Å². The summed E-state index contributed by atoms with van der Waals surface area (Å²) in [6.45, 7) is 1.99. The molecular formula is C13H16N2O4. The summed E-state index contributed by atoms with van der Waals surface area (Å²) in [5.41, 5.74) is -0.381. The summed E-state index contributed by atoms with van der Waals surface area (Å²) in [6.07, 6.45) is 4.03. The lowest BCUT2D eigenvalue weighted by atomic mass is 10.00. The molecule has 6 heteroatoms. The first-order chi connectivity index (χ1) is 8.91. The molecule has 1 saturated carbocycles. The number of benzene rings is 1. The molecule has 1 aliphatic rings. The van der Waals surface area contributed by atoms with Crippen LogP contribution in [0.15, 0.2) is 18.2 Å². The second kappa shape index (κ2) is 4.87. The number of nitrogens with one attached hydrogen (secondary N) is 1. The van der Waals surface area contributed by atoms with Gasteiger partial charge in [0.05, 0.1) is 4.92 Å². The second-order valence-corrected chi connectivity index (χ2v) is 5.18. The van der Waals surface area contributed by atoms with E-state index < -0.39 is 16.4 Å². The number of rotatable bonds is 3. The van der Waals surface area contributed by atoms with E-state index in [9.17, 15) is 20.0 Å². The van der Waals surface area contributed by atoms with E-state index >= 15 is 0 Å². The third-order valence-corrected chi connectivity index (χ3v) is 3.56. The van der Waals surface area contributed by atoms with Crippen LogP contribution in [0.1, 0.15) is 43.0 Å². The Morgan fingerprint density at radius 3 is 2.58 bits per heavy atom. The van der Waals surface area contributed by atoms with Crippen molar-refractivity contribution in [2.45, 2.75) is 38.1 Å². The van der Waals surface area contributed by atoms with Gasteiger partial charge in [0.1, 0.15) is 0 Å². The largest absolute Gasteiger partial charge is 0.502 e. The molecule has 2 rings (SSSR count). The Kier molecular flexibility index (Phi) is 3.42. The number of nitro benzene ring substituents is 1. The number of hydrogen-bond acceptors (Lipinski definition) is 4. The summed E-state index contributed by atoms with van der Waals surface area (Å²) in [7, 11) is 0. The van der Waals surface area contributed by atoms with E-state index in [-0.39, 0.29) is 17.0 Å². The maximum absolute atomic E-state index is 12.0. The number of hydrogen-bond donors (Lipinski definition) is 2. The molecule has 0 bridgehead atoms. The maximum Gasteiger partial charge on any atom is 0.310 e. The summed E-state index contributed by atoms with van der Waals surface area (Å²) in [6, 6.07) is 3.62. The third kappa shape index (κ3) is 2.83. The van der Waals surface area contributed by atoms with Gasteiger partial charge in [-0.25, -0.2) is 0 Å². The normalized spacial score (nSPS) is 17.1. The highest BCUT2D eigenvalue weighted by Gasteiger charge is 2.30. The van der Waals surface area contributed by atoms with Gasteiger partial charge in [0.2, 0.25) is 0 Å². The first-order valence-corrected chi connectivity index (χ1v) is 6.21. The lowest BCUT2D eigenvalue weighted by Crippen LogP contribution is -2.43. The minimum Gasteiger partial charge on any atom is -0.502 e. The fourth-order valence-electron chi connectivity index (χ4n) is 2.45. The number of nitro groups is 1. The Morgan fingerprint density at radius 1 is 1.42 bits per heavy atom. The van der Waals surface area contributed by atoms with Crippen molar-refractivity contribution in [3.63, 3.8) is 0 Å². The number of phenolic OH excluding ortho intramolecular Hbond substituents is 1. The quantitative estimate of drug-likeness (QED) is 0.647. The zero-order chi connectivity index (χ0) is 14.0. The molecule has 0 heterocycles. The molecule has 1 aliphatic carbocycles. The summed E-state index contributed by atoms with van der Waals surface area (Å²) >= 11 is 0. The molecule has 6 nitrogen and oxygen atoms in total. The van der Waals surface area contributed by atoms with Crippen LogP contribution in [0.2, 0.25) is 0 Å². The smallest absolute Gasteiger partial charge is 0.310 e. The van der Waals surface area contributed by atoms with E-state index in [0.29, 0.717) is 0 Å². The molecule has 0 unspecified atom stereocenters. The van der Waals surface area contributed by atoms with Crippen LogP contribution in [0.3, 0.4) is 0 Å². The van der Waals surface area contributed by atoms with Gasteiger partial charge in [-0.3, -0.25) is 14.9 Å². The fourth-order valence-corrected chi connectivity index (χ4v) is 2.45. The number of nitrogens with zero attached hydrogens (tertiary/aromatic N) is 1. The highest BCUT2D eigenvalue weighted by molar-refractivity contribution is 5.95. The maximum atomic E-state index is 12.0. The molecule has 2 N–H and O–H groups in total. The second-order valence-electron chi connectivity index (χ2n) is 5.18. The number of amides is 1. The lowest BCUT2D eigenvalue weighted by Gasteiger charge is -2.25. The van der Waals surface area contributed by atoms with E-state index in [1.54, 1.807) is 0 Å². The van der Waals surface area contributed by atoms with Crippen molar-refractivity contribution in [3.05, 3.63) is 33.9 Å². The van der Waals surface area contributed by atoms with Gasteiger partial charge in [0, 0.05) is 17.2 Å². The van der Waals surface area contributed by atoms with E-state index in [1.807, 2.05) is 6.92 Å². The van der Waals surface area contributed by atoms with E-state index in [4.69, 9.17) is 0 Å². The Morgan fingerprint density at radius 2 is 2.05 bits per heavy atom. The first kappa shape index (κ1) is 13.3. The summed E-state index contributed by atoms with van der Waals surface area (Å²) in [5, 5.41) is 23.0. The van der Waals surface area contributed by atoms with Gasteiger partial charge in [0.25, 0.3) is 5.91 Å². The number of carbonyl (C=O) groups is 1. The van der Waals surface area contributed by atoms with Gasteiger partial charge in [0.15, 0.2) is 5.75 Å². The molecule has 0 aromatic heterocycles. The Balaban J connectivity index is 2.16. The van der Waals surface area contributed by atoms with Crippen LogP contribution in [-0.2, 0) is 0 Å². The van der Waals surface area contributed by atoms with Gasteiger partial charge in [-0.2, -0.15) is 0 Å². The van der Waals surface area contributed by atoms with Crippen LogP contribution in [0.4, 0.5) is 5.69 Å². The molecular weight excluding hydrogens is 248 g/mol. The molecule has 0 aliphatic heterocycles. The van der Waals surface area contributed by atoms with E-state index in [2.05, 4.69) is 5.32 Å². The van der Waals surface area contributed by atoms with Gasteiger partial charge in [-0.1, -0.05) is 12.8 Å². The Labute approximate surface area is 110 Å². The molecule has 102 valence electrons. The molecule has 1 aromatic carbocycles. The van der Waals surface area contributed by atoms with Gasteiger partial charge in [-0.05, 0) is 31.9 Å². The molecule has 0 spiro atoms. The average molecular weight is 264 g/mol. The summed E-state index contributed by atoms with van der Waals surface area (Å²) in [5.74, 6) is -0.802. The molecule has 1 aromatic rings. The van der Waals surface area contributed by atoms with Gasteiger partial charge >= 0.3 is 5.69 Å². The van der Waals surface area contributed by atoms with Gasteiger partial charge < -0.3 is 10.4 Å². The first-order valence-electron chi connectivity index (χ1n) is 6.21. The molecule has 0 radical (unpaired) electrons. The zero-order valence-electron chi connectivity index (χ0n) is 10.7. The van der Waals surface area contributed by atoms with Crippen molar-refractivity contribution in [2.24, 2.45) is 0 Å². The summed E-state index contributed by atoms with van der Waals surface area (Å²) in [4.78, 5) is 21.9. The molecule has 0 atom stereocenters. The van der Waals surface area contributed by atoms with Crippen LogP contribution < -0.4 is 5.32 Å². The molecule has 19 heavy (non-hydrogen) atoms. The highest BCUT2D eigenvalue weighted by Crippen LogP contribution is 2.30. The van der Waals surface area contributed by atoms with E-state index in [1.165, 1.54) is 6.07 Å². The average Bonchev–Trinajstić information content (AvgIpc) is 2.75. The fraction of sp³-hybridized carbons (Fsp3) is 0.462. The minimum absolute atomic E-state index is 0.214. The monoisotopic (exact) mass is 264 g/mol. The predicted molar refractivity (Wildman–Crippen MR) is 69.1 cm³/mol. The standard InChI is InChI=1S/C13H16N2O4/c1-13(6-2-3-7-13)14-12(17)9-4-5-10(15(18)19)11(16)8-9/h4-5,8,16H,2-3,6-7H2,1H3,(H,14,17). The van der Waals surface area contributed by atoms with Crippen LogP contribution in [0, 0.1) is 10.1 Å². The SMILES string of the molecule is CC1(NC(=O)c2ccc([N+](=O)[O-])c(O)c2)CCCC1. The number of carbonyl (C=O) groups excluding carboxylic acids is 1. The summed E-state index contributed by atoms with van der Waals surface area (Å²) < 4.78 is 0. The van der Waals surface area contributed by atoms with Crippen molar-refractivity contribution < 1.29 is 14.8 Å². The Hall–Kier alpha value is -2.11.